The van der Waals surface area contributed by atoms with E-state index in [-0.39, 0.29) is 0 Å². The number of anilines is 1. The van der Waals surface area contributed by atoms with E-state index in [0.29, 0.717) is 6.04 Å². The van der Waals surface area contributed by atoms with Crippen LogP contribution in [0.3, 0.4) is 0 Å². The summed E-state index contributed by atoms with van der Waals surface area (Å²) in [6.07, 6.45) is 7.39. The van der Waals surface area contributed by atoms with Gasteiger partial charge >= 0.3 is 0 Å². The summed E-state index contributed by atoms with van der Waals surface area (Å²) in [4.78, 5) is 12.9. The van der Waals surface area contributed by atoms with Crippen molar-refractivity contribution in [2.45, 2.75) is 39.2 Å². The number of nitrogens with zero attached hydrogens (tertiary/aromatic N) is 2. The first-order valence-corrected chi connectivity index (χ1v) is 9.88. The molecule has 0 radical (unpaired) electrons. The van der Waals surface area contributed by atoms with Crippen LogP contribution >= 0.6 is 11.3 Å². The van der Waals surface area contributed by atoms with Crippen molar-refractivity contribution in [3.05, 3.63) is 40.9 Å². The highest BCUT2D eigenvalue weighted by atomic mass is 32.1. The Kier molecular flexibility index (Phi) is 4.72. The molecule has 4 heterocycles. The van der Waals surface area contributed by atoms with Gasteiger partial charge in [-0.25, -0.2) is 9.97 Å². The maximum Gasteiger partial charge on any atom is 0.163 e. The number of hydrogen-bond acceptors (Lipinski definition) is 5. The van der Waals surface area contributed by atoms with Crippen LogP contribution < -0.4 is 10.2 Å². The smallest absolute Gasteiger partial charge is 0.163 e. The van der Waals surface area contributed by atoms with Gasteiger partial charge in [-0.1, -0.05) is 0 Å². The molecule has 1 aliphatic heterocycles. The van der Waals surface area contributed by atoms with Crippen LogP contribution in [0, 0.1) is 13.8 Å². The van der Waals surface area contributed by atoms with Gasteiger partial charge in [-0.15, -0.1) is 11.3 Å². The second-order valence-corrected chi connectivity index (χ2v) is 8.06. The minimum atomic E-state index is 0.320. The van der Waals surface area contributed by atoms with E-state index in [2.05, 4.69) is 35.2 Å². The first-order valence-electron chi connectivity index (χ1n) is 9.06. The first-order chi connectivity index (χ1) is 12.2. The highest BCUT2D eigenvalue weighted by Gasteiger charge is 2.28. The molecule has 1 saturated heterocycles. The molecule has 3 aromatic rings. The number of nitrogens with one attached hydrogen (secondary N) is 2. The van der Waals surface area contributed by atoms with Crippen LogP contribution in [0.2, 0.25) is 0 Å². The quantitative estimate of drug-likeness (QED) is 0.737. The number of furan rings is 1. The Morgan fingerprint density at radius 3 is 2.84 bits per heavy atom. The van der Waals surface area contributed by atoms with Gasteiger partial charge in [0.25, 0.3) is 0 Å². The Balaban J connectivity index is 1.59. The van der Waals surface area contributed by atoms with Crippen molar-refractivity contribution >= 4 is 27.4 Å². The molecule has 0 aliphatic carbocycles. The number of likely N-dealkylation sites (tertiary alicyclic amines) is 1. The topological polar surface area (TPSA) is 55.4 Å². The molecule has 4 rings (SSSR count). The fourth-order valence-electron chi connectivity index (χ4n) is 3.81. The number of quaternary nitrogens is 1. The largest absolute Gasteiger partial charge is 0.463 e. The molecule has 132 valence electrons. The molecule has 0 bridgehead atoms. The number of piperidine rings is 1. The summed E-state index contributed by atoms with van der Waals surface area (Å²) in [6.45, 7) is 7.55. The summed E-state index contributed by atoms with van der Waals surface area (Å²) in [6, 6.07) is 4.41. The summed E-state index contributed by atoms with van der Waals surface area (Å²) >= 11 is 1.74. The SMILES string of the molecule is Cc1sc2ncnc(NC[C@H](c3ccco3)[NH+]3CCCCC3)c2c1C. The predicted octanol–water partition coefficient (Wildman–Crippen LogP) is 3.12. The normalized spacial score (nSPS) is 17.0. The van der Waals surface area contributed by atoms with Gasteiger partial charge in [-0.2, -0.15) is 0 Å². The monoisotopic (exact) mass is 357 g/mol. The molecule has 1 fully saturated rings. The standard InChI is InChI=1S/C19H24N4OS/c1-13-14(2)25-19-17(13)18(21-12-22-19)20-11-15(16-7-6-10-24-16)23-8-4-3-5-9-23/h6-7,10,12,15H,3-5,8-9,11H2,1-2H3,(H,20,21,22)/p+1/t15-/m1/s1. The van der Waals surface area contributed by atoms with Gasteiger partial charge in [0, 0.05) is 4.88 Å². The van der Waals surface area contributed by atoms with Crippen molar-refractivity contribution in [1.29, 1.82) is 0 Å². The summed E-state index contributed by atoms with van der Waals surface area (Å²) in [5.41, 5.74) is 1.28. The van der Waals surface area contributed by atoms with Gasteiger partial charge in [0.15, 0.2) is 11.8 Å². The third kappa shape index (κ3) is 3.28. The van der Waals surface area contributed by atoms with E-state index in [9.17, 15) is 0 Å². The Morgan fingerprint density at radius 2 is 2.08 bits per heavy atom. The van der Waals surface area contributed by atoms with Crippen LogP contribution in [0.4, 0.5) is 5.82 Å². The number of aromatic nitrogens is 2. The summed E-state index contributed by atoms with van der Waals surface area (Å²) in [7, 11) is 0. The van der Waals surface area contributed by atoms with Crippen molar-refractivity contribution in [3.63, 3.8) is 0 Å². The van der Waals surface area contributed by atoms with Crippen molar-refractivity contribution in [2.75, 3.05) is 25.0 Å². The number of aryl methyl sites for hydroxylation is 2. The second kappa shape index (κ2) is 7.14. The highest BCUT2D eigenvalue weighted by Crippen LogP contribution is 2.32. The molecule has 5 nitrogen and oxygen atoms in total. The molecule has 6 heteroatoms. The zero-order valence-electron chi connectivity index (χ0n) is 14.8. The molecule has 25 heavy (non-hydrogen) atoms. The lowest BCUT2D eigenvalue weighted by atomic mass is 10.1. The van der Waals surface area contributed by atoms with Crippen LogP contribution in [0.25, 0.3) is 10.2 Å². The molecular formula is C19H25N4OS+. The molecule has 0 aromatic carbocycles. The summed E-state index contributed by atoms with van der Waals surface area (Å²) in [5, 5.41) is 4.77. The zero-order valence-corrected chi connectivity index (χ0v) is 15.7. The Morgan fingerprint density at radius 1 is 1.24 bits per heavy atom. The van der Waals surface area contributed by atoms with Gasteiger partial charge in [-0.3, -0.25) is 0 Å². The average Bonchev–Trinajstić information content (AvgIpc) is 3.26. The van der Waals surface area contributed by atoms with Crippen molar-refractivity contribution < 1.29 is 9.32 Å². The van der Waals surface area contributed by atoms with Gasteiger partial charge in [0.05, 0.1) is 31.3 Å². The van der Waals surface area contributed by atoms with E-state index in [0.717, 1.165) is 28.3 Å². The van der Waals surface area contributed by atoms with E-state index in [1.54, 1.807) is 28.8 Å². The third-order valence-corrected chi connectivity index (χ3v) is 6.43. The lowest BCUT2D eigenvalue weighted by Crippen LogP contribution is -3.13. The predicted molar refractivity (Wildman–Crippen MR) is 101 cm³/mol. The van der Waals surface area contributed by atoms with E-state index < -0.39 is 0 Å². The molecule has 0 saturated carbocycles. The average molecular weight is 358 g/mol. The molecule has 3 aromatic heterocycles. The Hall–Kier alpha value is -1.92. The number of rotatable bonds is 5. The van der Waals surface area contributed by atoms with Crippen molar-refractivity contribution in [3.8, 4) is 0 Å². The zero-order chi connectivity index (χ0) is 17.2. The lowest BCUT2D eigenvalue weighted by molar-refractivity contribution is -0.935. The van der Waals surface area contributed by atoms with Crippen molar-refractivity contribution in [1.82, 2.24) is 9.97 Å². The van der Waals surface area contributed by atoms with E-state index >= 15 is 0 Å². The summed E-state index contributed by atoms with van der Waals surface area (Å²) in [5.74, 6) is 2.01. The van der Waals surface area contributed by atoms with Crippen molar-refractivity contribution in [2.24, 2.45) is 0 Å². The van der Waals surface area contributed by atoms with Gasteiger partial charge in [-0.05, 0) is 50.8 Å². The van der Waals surface area contributed by atoms with Gasteiger partial charge in [0.2, 0.25) is 0 Å². The number of hydrogen-bond donors (Lipinski definition) is 2. The Labute approximate surface area is 152 Å². The van der Waals surface area contributed by atoms with E-state index in [4.69, 9.17) is 4.42 Å². The fourth-order valence-corrected chi connectivity index (χ4v) is 4.80. The van der Waals surface area contributed by atoms with Crippen LogP contribution in [0.15, 0.2) is 29.1 Å². The van der Waals surface area contributed by atoms with Crippen LogP contribution in [-0.2, 0) is 0 Å². The first kappa shape index (κ1) is 16.5. The second-order valence-electron chi connectivity index (χ2n) is 6.85. The molecular weight excluding hydrogens is 332 g/mol. The maximum atomic E-state index is 5.76. The number of fused-ring (bicyclic) bond motifs is 1. The highest BCUT2D eigenvalue weighted by molar-refractivity contribution is 7.18. The maximum absolute atomic E-state index is 5.76. The van der Waals surface area contributed by atoms with Crippen LogP contribution in [0.1, 0.15) is 41.5 Å². The molecule has 2 N–H and O–H groups in total. The van der Waals surface area contributed by atoms with Crippen LogP contribution in [0.5, 0.6) is 0 Å². The molecule has 0 spiro atoms. The van der Waals surface area contributed by atoms with Gasteiger partial charge in [0.1, 0.15) is 17.0 Å². The van der Waals surface area contributed by atoms with Gasteiger partial charge < -0.3 is 14.6 Å². The minimum absolute atomic E-state index is 0.320. The molecule has 0 unspecified atom stereocenters. The molecule has 0 amide bonds. The third-order valence-electron chi connectivity index (χ3n) is 5.31. The summed E-state index contributed by atoms with van der Waals surface area (Å²) < 4.78 is 5.76. The Bertz CT molecular complexity index is 837. The van der Waals surface area contributed by atoms with E-state index in [1.165, 1.54) is 42.8 Å². The molecule has 1 aliphatic rings. The lowest BCUT2D eigenvalue weighted by Gasteiger charge is -2.30. The van der Waals surface area contributed by atoms with Crippen LogP contribution in [-0.4, -0.2) is 29.6 Å². The minimum Gasteiger partial charge on any atom is -0.463 e. The van der Waals surface area contributed by atoms with E-state index in [1.807, 2.05) is 6.07 Å². The number of thiophene rings is 1. The molecule has 1 atom stereocenters. The fraction of sp³-hybridized carbons (Fsp3) is 0.474.